The molecular formula is C23H28BrCl3N2OSSi. The second-order valence-electron chi connectivity index (χ2n) is 9.10. The van der Waals surface area contributed by atoms with Gasteiger partial charge in [-0.25, -0.2) is 9.97 Å². The van der Waals surface area contributed by atoms with Gasteiger partial charge in [-0.3, -0.25) is 0 Å². The predicted octanol–water partition coefficient (Wildman–Crippen LogP) is 10.3. The molecule has 3 aromatic rings. The molecule has 32 heavy (non-hydrogen) atoms. The quantitative estimate of drug-likeness (QED) is 0.210. The van der Waals surface area contributed by atoms with Gasteiger partial charge in [0.05, 0.1) is 19.2 Å². The van der Waals surface area contributed by atoms with Crippen LogP contribution in [-0.4, -0.2) is 18.3 Å². The lowest BCUT2D eigenvalue weighted by Gasteiger charge is -2.43. The fourth-order valence-corrected chi connectivity index (χ4v) is 12.9. The van der Waals surface area contributed by atoms with E-state index in [1.165, 1.54) is 17.7 Å². The normalized spacial score (nSPS) is 12.6. The molecule has 0 radical (unpaired) electrons. The molecule has 0 amide bonds. The van der Waals surface area contributed by atoms with Crippen molar-refractivity contribution in [1.29, 1.82) is 0 Å². The number of hydrogen-bond acceptors (Lipinski definition) is 4. The lowest BCUT2D eigenvalue weighted by Crippen LogP contribution is -2.50. The predicted molar refractivity (Wildman–Crippen MR) is 147 cm³/mol. The molecule has 0 N–H and O–H groups in total. The van der Waals surface area contributed by atoms with Crippen molar-refractivity contribution in [3.8, 4) is 16.9 Å². The number of nitrogens with zero attached hydrogens (tertiary/aromatic N) is 2. The summed E-state index contributed by atoms with van der Waals surface area (Å²) in [5.41, 5.74) is 4.88. The summed E-state index contributed by atoms with van der Waals surface area (Å²) in [6, 6.07) is 0. The van der Waals surface area contributed by atoms with Gasteiger partial charge in [-0.15, -0.1) is 11.3 Å². The summed E-state index contributed by atoms with van der Waals surface area (Å²) >= 11 is 25.7. The summed E-state index contributed by atoms with van der Waals surface area (Å²) < 4.78 is 7.85. The Bertz CT molecular complexity index is 1130. The standard InChI is InChI=1S/C23H28BrCl3N2OSSi/c1-10(2)32(11(3)4,12(5)6)30-20-18(25)13(7)15(14(8)19(20)26)16-17-22(27)28-9-29-23(17)31-21(16)24/h9-12H,1-8H3. The van der Waals surface area contributed by atoms with Gasteiger partial charge in [0.15, 0.2) is 0 Å². The summed E-state index contributed by atoms with van der Waals surface area (Å²) in [4.78, 5) is 9.38. The molecule has 0 bridgehead atoms. The van der Waals surface area contributed by atoms with Crippen LogP contribution in [0.2, 0.25) is 31.8 Å². The Hall–Kier alpha value is -0.373. The van der Waals surface area contributed by atoms with Crippen molar-refractivity contribution in [2.45, 2.75) is 72.0 Å². The zero-order chi connectivity index (χ0) is 24.1. The van der Waals surface area contributed by atoms with Gasteiger partial charge in [-0.2, -0.15) is 0 Å². The van der Waals surface area contributed by atoms with E-state index < -0.39 is 8.32 Å². The van der Waals surface area contributed by atoms with E-state index in [9.17, 15) is 0 Å². The van der Waals surface area contributed by atoms with E-state index in [2.05, 4.69) is 67.4 Å². The van der Waals surface area contributed by atoms with E-state index in [1.807, 2.05) is 13.8 Å². The van der Waals surface area contributed by atoms with Crippen LogP contribution >= 0.6 is 62.1 Å². The Morgan fingerprint density at radius 2 is 1.38 bits per heavy atom. The highest BCUT2D eigenvalue weighted by Crippen LogP contribution is 2.53. The molecule has 0 aliphatic heterocycles. The number of rotatable bonds is 6. The Kier molecular flexibility index (Phi) is 7.96. The topological polar surface area (TPSA) is 35.0 Å². The van der Waals surface area contributed by atoms with Crippen molar-refractivity contribution in [2.75, 3.05) is 0 Å². The highest BCUT2D eigenvalue weighted by atomic mass is 79.9. The molecule has 0 saturated heterocycles. The number of benzene rings is 1. The Labute approximate surface area is 219 Å². The third kappa shape index (κ3) is 4.13. The minimum absolute atomic E-state index is 0.404. The average Bonchev–Trinajstić information content (AvgIpc) is 3.03. The van der Waals surface area contributed by atoms with Gasteiger partial charge < -0.3 is 4.43 Å². The van der Waals surface area contributed by atoms with Crippen molar-refractivity contribution in [3.63, 3.8) is 0 Å². The molecular weight excluding hydrogens is 567 g/mol. The van der Waals surface area contributed by atoms with Crippen LogP contribution in [0.4, 0.5) is 0 Å². The molecule has 1 aromatic carbocycles. The van der Waals surface area contributed by atoms with Crippen molar-refractivity contribution in [1.82, 2.24) is 9.97 Å². The number of fused-ring (bicyclic) bond motifs is 1. The van der Waals surface area contributed by atoms with Crippen LogP contribution < -0.4 is 4.43 Å². The van der Waals surface area contributed by atoms with E-state index in [0.717, 1.165) is 36.3 Å². The largest absolute Gasteiger partial charge is 0.541 e. The first-order valence-corrected chi connectivity index (χ1v) is 15.5. The van der Waals surface area contributed by atoms with Gasteiger partial charge in [0.25, 0.3) is 8.32 Å². The molecule has 0 aliphatic rings. The number of halogens is 4. The van der Waals surface area contributed by atoms with E-state index >= 15 is 0 Å². The smallest absolute Gasteiger partial charge is 0.258 e. The van der Waals surface area contributed by atoms with Gasteiger partial charge in [-0.1, -0.05) is 76.3 Å². The molecule has 2 aromatic heterocycles. The van der Waals surface area contributed by atoms with E-state index in [0.29, 0.717) is 37.6 Å². The Balaban J connectivity index is 2.31. The Morgan fingerprint density at radius 3 is 1.84 bits per heavy atom. The van der Waals surface area contributed by atoms with E-state index in [-0.39, 0.29) is 0 Å². The fraction of sp³-hybridized carbons (Fsp3) is 0.478. The SMILES string of the molecule is Cc1c(Cl)c(O[Si](C(C)C)(C(C)C)C(C)C)c(Cl)c(C)c1-c1c(Br)sc2ncnc(Cl)c12. The lowest BCUT2D eigenvalue weighted by molar-refractivity contribution is 0.479. The van der Waals surface area contributed by atoms with Crippen LogP contribution in [-0.2, 0) is 0 Å². The molecule has 0 fully saturated rings. The highest BCUT2D eigenvalue weighted by molar-refractivity contribution is 9.11. The zero-order valence-corrected chi connectivity index (χ0v) is 25.2. The van der Waals surface area contributed by atoms with Crippen LogP contribution in [0.1, 0.15) is 52.7 Å². The van der Waals surface area contributed by atoms with Crippen LogP contribution in [0.5, 0.6) is 5.75 Å². The van der Waals surface area contributed by atoms with E-state index in [1.54, 1.807) is 0 Å². The first-order valence-electron chi connectivity index (χ1n) is 10.6. The molecule has 2 heterocycles. The second-order valence-corrected chi connectivity index (χ2v) is 17.9. The molecule has 0 unspecified atom stereocenters. The zero-order valence-electron chi connectivity index (χ0n) is 19.5. The van der Waals surface area contributed by atoms with Crippen LogP contribution in [0.25, 0.3) is 21.3 Å². The number of thiophene rings is 1. The second kappa shape index (κ2) is 9.71. The molecule has 3 nitrogen and oxygen atoms in total. The first-order chi connectivity index (χ1) is 14.9. The molecule has 0 aliphatic carbocycles. The minimum atomic E-state index is -2.24. The molecule has 0 spiro atoms. The van der Waals surface area contributed by atoms with Crippen molar-refractivity contribution >= 4 is 80.6 Å². The maximum atomic E-state index is 6.99. The molecule has 9 heteroatoms. The van der Waals surface area contributed by atoms with Crippen LogP contribution in [0, 0.1) is 13.8 Å². The highest BCUT2D eigenvalue weighted by Gasteiger charge is 2.48. The maximum Gasteiger partial charge on any atom is 0.258 e. The summed E-state index contributed by atoms with van der Waals surface area (Å²) in [5, 5.41) is 2.31. The van der Waals surface area contributed by atoms with Crippen LogP contribution in [0.15, 0.2) is 10.1 Å². The van der Waals surface area contributed by atoms with Gasteiger partial charge in [0.1, 0.15) is 22.1 Å². The van der Waals surface area contributed by atoms with Gasteiger partial charge in [0, 0.05) is 5.56 Å². The van der Waals surface area contributed by atoms with Crippen LogP contribution in [0.3, 0.4) is 0 Å². The summed E-state index contributed by atoms with van der Waals surface area (Å²) in [6.07, 6.45) is 1.47. The molecule has 0 atom stereocenters. The van der Waals surface area contributed by atoms with Gasteiger partial charge in [-0.05, 0) is 63.1 Å². The third-order valence-corrected chi connectivity index (χ3v) is 15.4. The summed E-state index contributed by atoms with van der Waals surface area (Å²) in [6.45, 7) is 17.5. The van der Waals surface area contributed by atoms with Crippen molar-refractivity contribution in [2.24, 2.45) is 0 Å². The third-order valence-electron chi connectivity index (χ3n) is 6.44. The lowest BCUT2D eigenvalue weighted by atomic mass is 9.95. The van der Waals surface area contributed by atoms with Gasteiger partial charge >= 0.3 is 0 Å². The summed E-state index contributed by atoms with van der Waals surface area (Å²) in [7, 11) is -2.24. The van der Waals surface area contributed by atoms with Gasteiger partial charge in [0.2, 0.25) is 0 Å². The molecule has 0 saturated carbocycles. The van der Waals surface area contributed by atoms with Crippen molar-refractivity contribution < 1.29 is 4.43 Å². The van der Waals surface area contributed by atoms with E-state index in [4.69, 9.17) is 39.2 Å². The average molecular weight is 595 g/mol. The summed E-state index contributed by atoms with van der Waals surface area (Å²) in [5.74, 6) is 0.604. The Morgan fingerprint density at radius 1 is 0.875 bits per heavy atom. The monoisotopic (exact) mass is 592 g/mol. The van der Waals surface area contributed by atoms with Crippen molar-refractivity contribution in [3.05, 3.63) is 36.4 Å². The first kappa shape index (κ1) is 26.2. The number of hydrogen-bond donors (Lipinski definition) is 0. The minimum Gasteiger partial charge on any atom is -0.541 e. The fourth-order valence-electron chi connectivity index (χ4n) is 5.03. The maximum absolute atomic E-state index is 6.99. The molecule has 174 valence electrons. The molecule has 3 rings (SSSR count). The number of aromatic nitrogens is 2.